The van der Waals surface area contributed by atoms with Crippen molar-refractivity contribution in [2.75, 3.05) is 18.6 Å². The van der Waals surface area contributed by atoms with Crippen molar-refractivity contribution in [3.63, 3.8) is 0 Å². The maximum Gasteiger partial charge on any atom is 0.00746 e. The number of hydrogen-bond acceptors (Lipinski definition) is 2. The molecule has 0 aromatic rings. The van der Waals surface area contributed by atoms with Crippen molar-refractivity contribution in [1.29, 1.82) is 0 Å². The van der Waals surface area contributed by atoms with Crippen molar-refractivity contribution in [2.45, 2.75) is 39.2 Å². The highest BCUT2D eigenvalue weighted by molar-refractivity contribution is 7.98. The summed E-state index contributed by atoms with van der Waals surface area (Å²) in [5, 5.41) is 3.50. The molecule has 0 aliphatic heterocycles. The van der Waals surface area contributed by atoms with Crippen LogP contribution in [-0.2, 0) is 0 Å². The first-order valence-corrected chi connectivity index (χ1v) is 5.96. The van der Waals surface area contributed by atoms with Gasteiger partial charge in [0.05, 0.1) is 0 Å². The zero-order valence-corrected chi connectivity index (χ0v) is 8.84. The van der Waals surface area contributed by atoms with E-state index in [1.54, 1.807) is 0 Å². The van der Waals surface area contributed by atoms with E-state index in [0.717, 1.165) is 12.6 Å². The Balaban J connectivity index is 3.34. The van der Waals surface area contributed by atoms with Gasteiger partial charge in [-0.3, -0.25) is 0 Å². The number of rotatable bonds is 7. The first-order chi connectivity index (χ1) is 5.35. The van der Waals surface area contributed by atoms with Crippen molar-refractivity contribution < 1.29 is 0 Å². The van der Waals surface area contributed by atoms with E-state index in [9.17, 15) is 0 Å². The monoisotopic (exact) mass is 175 g/mol. The Morgan fingerprint density at radius 2 is 2.00 bits per heavy atom. The predicted molar refractivity (Wildman–Crippen MR) is 55.4 cm³/mol. The van der Waals surface area contributed by atoms with Crippen molar-refractivity contribution in [2.24, 2.45) is 0 Å². The van der Waals surface area contributed by atoms with E-state index < -0.39 is 0 Å². The van der Waals surface area contributed by atoms with Crippen LogP contribution in [0.4, 0.5) is 0 Å². The van der Waals surface area contributed by atoms with Gasteiger partial charge < -0.3 is 5.32 Å². The Labute approximate surface area is 75.3 Å². The lowest BCUT2D eigenvalue weighted by Crippen LogP contribution is -2.29. The third-order valence-electron chi connectivity index (χ3n) is 1.80. The van der Waals surface area contributed by atoms with E-state index in [4.69, 9.17) is 0 Å². The number of thioether (sulfide) groups is 1. The van der Waals surface area contributed by atoms with E-state index in [1.807, 2.05) is 11.8 Å². The second kappa shape index (κ2) is 8.41. The van der Waals surface area contributed by atoms with Crippen LogP contribution in [0, 0.1) is 0 Å². The van der Waals surface area contributed by atoms with Gasteiger partial charge in [0.1, 0.15) is 0 Å². The van der Waals surface area contributed by atoms with E-state index >= 15 is 0 Å². The second-order valence-corrected chi connectivity index (χ2v) is 3.81. The molecule has 0 radical (unpaired) electrons. The van der Waals surface area contributed by atoms with E-state index in [0.29, 0.717) is 0 Å². The molecule has 0 saturated heterocycles. The summed E-state index contributed by atoms with van der Waals surface area (Å²) in [6, 6.07) is 0.762. The van der Waals surface area contributed by atoms with Gasteiger partial charge in [-0.2, -0.15) is 11.8 Å². The molecule has 0 spiro atoms. The van der Waals surface area contributed by atoms with E-state index in [-0.39, 0.29) is 0 Å². The molecule has 0 aromatic carbocycles. The predicted octanol–water partition coefficient (Wildman–Crippen LogP) is 2.52. The number of nitrogens with one attached hydrogen (secondary N) is 1. The fourth-order valence-corrected chi connectivity index (χ4v) is 1.77. The largest absolute Gasteiger partial charge is 0.314 e. The van der Waals surface area contributed by atoms with Crippen molar-refractivity contribution in [3.05, 3.63) is 0 Å². The highest BCUT2D eigenvalue weighted by atomic mass is 32.2. The molecule has 0 heterocycles. The highest BCUT2D eigenvalue weighted by Crippen LogP contribution is 2.05. The molecule has 2 heteroatoms. The minimum absolute atomic E-state index is 0.762. The van der Waals surface area contributed by atoms with Crippen LogP contribution in [0.5, 0.6) is 0 Å². The summed E-state index contributed by atoms with van der Waals surface area (Å²) in [6.07, 6.45) is 6.12. The lowest BCUT2D eigenvalue weighted by molar-refractivity contribution is 0.479. The first kappa shape index (κ1) is 11.3. The Morgan fingerprint density at radius 1 is 1.27 bits per heavy atom. The molecule has 1 N–H and O–H groups in total. The van der Waals surface area contributed by atoms with Crippen molar-refractivity contribution >= 4 is 11.8 Å². The molecule has 0 aliphatic carbocycles. The van der Waals surface area contributed by atoms with Crippen molar-refractivity contribution in [3.8, 4) is 0 Å². The summed E-state index contributed by atoms with van der Waals surface area (Å²) in [4.78, 5) is 0. The lowest BCUT2D eigenvalue weighted by Gasteiger charge is -2.15. The molecule has 1 atom stereocenters. The van der Waals surface area contributed by atoms with Crippen LogP contribution in [0.25, 0.3) is 0 Å². The zero-order chi connectivity index (χ0) is 8.53. The highest BCUT2D eigenvalue weighted by Gasteiger charge is 2.03. The van der Waals surface area contributed by atoms with Gasteiger partial charge >= 0.3 is 0 Å². The van der Waals surface area contributed by atoms with E-state index in [2.05, 4.69) is 25.4 Å². The Hall–Kier alpha value is 0.310. The fraction of sp³-hybridized carbons (Fsp3) is 1.00. The summed E-state index contributed by atoms with van der Waals surface area (Å²) >= 11 is 1.94. The van der Waals surface area contributed by atoms with Gasteiger partial charge in [0.15, 0.2) is 0 Å². The summed E-state index contributed by atoms with van der Waals surface area (Å²) in [6.45, 7) is 5.55. The van der Waals surface area contributed by atoms with E-state index in [1.165, 1.54) is 25.0 Å². The first-order valence-electron chi connectivity index (χ1n) is 4.57. The van der Waals surface area contributed by atoms with Crippen LogP contribution in [0.2, 0.25) is 0 Å². The third kappa shape index (κ3) is 6.70. The minimum atomic E-state index is 0.762. The van der Waals surface area contributed by atoms with Gasteiger partial charge in [0.2, 0.25) is 0 Å². The van der Waals surface area contributed by atoms with Gasteiger partial charge in [-0.05, 0) is 31.4 Å². The molecule has 0 saturated carbocycles. The lowest BCUT2D eigenvalue weighted by atomic mass is 10.1. The Morgan fingerprint density at radius 3 is 2.45 bits per heavy atom. The molecule has 68 valence electrons. The normalized spacial score (nSPS) is 13.4. The standard InChI is InChI=1S/C9H21NS/c1-4-6-9(10-5-2)7-8-11-3/h9-10H,4-8H2,1-3H3. The zero-order valence-electron chi connectivity index (χ0n) is 8.02. The molecule has 1 nitrogen and oxygen atoms in total. The molecule has 1 unspecified atom stereocenters. The second-order valence-electron chi connectivity index (χ2n) is 2.82. The van der Waals surface area contributed by atoms with Gasteiger partial charge in [0, 0.05) is 6.04 Å². The quantitative estimate of drug-likeness (QED) is 0.638. The number of hydrogen-bond donors (Lipinski definition) is 1. The van der Waals surface area contributed by atoms with Gasteiger partial charge in [-0.25, -0.2) is 0 Å². The maximum absolute atomic E-state index is 3.50. The van der Waals surface area contributed by atoms with Crippen LogP contribution in [0.15, 0.2) is 0 Å². The van der Waals surface area contributed by atoms with Gasteiger partial charge in [0.25, 0.3) is 0 Å². The maximum atomic E-state index is 3.50. The van der Waals surface area contributed by atoms with Crippen LogP contribution in [0.1, 0.15) is 33.1 Å². The minimum Gasteiger partial charge on any atom is -0.314 e. The summed E-state index contributed by atoms with van der Waals surface area (Å²) < 4.78 is 0. The van der Waals surface area contributed by atoms with Crippen LogP contribution < -0.4 is 5.32 Å². The smallest absolute Gasteiger partial charge is 0.00746 e. The molecule has 0 aromatic heterocycles. The van der Waals surface area contributed by atoms with Crippen LogP contribution in [0.3, 0.4) is 0 Å². The molecule has 0 aliphatic rings. The average Bonchev–Trinajstić information content (AvgIpc) is 2.01. The Bertz CT molecular complexity index is 70.0. The molecular weight excluding hydrogens is 154 g/mol. The SMILES string of the molecule is CCCC(CCSC)NCC. The fourth-order valence-electron chi connectivity index (χ4n) is 1.25. The molecule has 0 fully saturated rings. The summed E-state index contributed by atoms with van der Waals surface area (Å²) in [5.41, 5.74) is 0. The van der Waals surface area contributed by atoms with Gasteiger partial charge in [-0.1, -0.05) is 20.3 Å². The summed E-state index contributed by atoms with van der Waals surface area (Å²) in [5.74, 6) is 1.29. The molecule has 0 amide bonds. The molecular formula is C9H21NS. The Kier molecular flexibility index (Phi) is 8.64. The molecule has 0 rings (SSSR count). The summed E-state index contributed by atoms with van der Waals surface area (Å²) in [7, 11) is 0. The van der Waals surface area contributed by atoms with Crippen molar-refractivity contribution in [1.82, 2.24) is 5.32 Å². The molecule has 11 heavy (non-hydrogen) atoms. The molecule has 0 bridgehead atoms. The van der Waals surface area contributed by atoms with Crippen LogP contribution >= 0.6 is 11.8 Å². The topological polar surface area (TPSA) is 12.0 Å². The van der Waals surface area contributed by atoms with Gasteiger partial charge in [-0.15, -0.1) is 0 Å². The third-order valence-corrected chi connectivity index (χ3v) is 2.44. The van der Waals surface area contributed by atoms with Crippen LogP contribution in [-0.4, -0.2) is 24.6 Å². The average molecular weight is 175 g/mol.